The summed E-state index contributed by atoms with van der Waals surface area (Å²) in [4.78, 5) is 22.2. The number of carbonyl (C=O) groups is 2. The van der Waals surface area contributed by atoms with Crippen LogP contribution in [0.25, 0.3) is 5.57 Å². The number of nitrogens with one attached hydrogen (secondary N) is 2. The summed E-state index contributed by atoms with van der Waals surface area (Å²) >= 11 is 0. The molecular formula is C42H66N2O4. The first-order chi connectivity index (χ1) is 22.8. The molecule has 0 aromatic heterocycles. The van der Waals surface area contributed by atoms with Crippen molar-refractivity contribution in [3.63, 3.8) is 0 Å². The number of hydrogen-bond donors (Lipinski definition) is 4. The molecule has 7 unspecified atom stereocenters. The lowest BCUT2D eigenvalue weighted by molar-refractivity contribution is -0.216. The molecule has 0 saturated heterocycles. The van der Waals surface area contributed by atoms with Crippen LogP contribution in [0.4, 0.5) is 0 Å². The van der Waals surface area contributed by atoms with Crippen molar-refractivity contribution in [1.29, 1.82) is 0 Å². The minimum Gasteiger partial charge on any atom is -0.478 e. The number of carboxylic acids is 1. The Morgan fingerprint density at radius 3 is 2.21 bits per heavy atom. The summed E-state index contributed by atoms with van der Waals surface area (Å²) in [5.74, 6) is 2.09. The molecule has 4 N–H and O–H groups in total. The van der Waals surface area contributed by atoms with Crippen molar-refractivity contribution in [2.45, 2.75) is 118 Å². The maximum absolute atomic E-state index is 11.5. The fourth-order valence-electron chi connectivity index (χ4n) is 12.5. The molecule has 6 heteroatoms. The van der Waals surface area contributed by atoms with Gasteiger partial charge in [-0.15, -0.1) is 6.58 Å². The minimum atomic E-state index is -0.858. The highest BCUT2D eigenvalue weighted by atomic mass is 16.4. The second-order valence-electron chi connectivity index (χ2n) is 16.8. The van der Waals surface area contributed by atoms with Gasteiger partial charge < -0.3 is 25.6 Å². The first kappa shape index (κ1) is 38.5. The Labute approximate surface area is 291 Å². The second-order valence-corrected chi connectivity index (χ2v) is 16.8. The average Bonchev–Trinajstić information content (AvgIpc) is 3.48. The molecule has 0 aliphatic heterocycles. The molecule has 4 fully saturated rings. The second kappa shape index (κ2) is 15.3. The van der Waals surface area contributed by atoms with Crippen molar-refractivity contribution < 1.29 is 19.8 Å². The van der Waals surface area contributed by atoms with Crippen LogP contribution in [0.2, 0.25) is 0 Å². The Morgan fingerprint density at radius 1 is 0.875 bits per heavy atom. The van der Waals surface area contributed by atoms with Gasteiger partial charge in [-0.3, -0.25) is 0 Å². The molecule has 8 atom stereocenters. The molecule has 1 aromatic rings. The molecule has 0 radical (unpaired) electrons. The number of carbonyl (C=O) groups excluding carboxylic acids is 1. The van der Waals surface area contributed by atoms with Crippen LogP contribution >= 0.6 is 0 Å². The van der Waals surface area contributed by atoms with Crippen molar-refractivity contribution in [3.8, 4) is 0 Å². The van der Waals surface area contributed by atoms with Gasteiger partial charge in [-0.25, -0.2) is 4.79 Å². The zero-order valence-corrected chi connectivity index (χ0v) is 31.2. The molecule has 0 spiro atoms. The highest BCUT2D eigenvalue weighted by Gasteiger charge is 2.69. The van der Waals surface area contributed by atoms with E-state index < -0.39 is 5.97 Å². The Bertz CT molecular complexity index is 1300. The smallest absolute Gasteiger partial charge is 0.335 e. The largest absolute Gasteiger partial charge is 0.478 e. The van der Waals surface area contributed by atoms with Crippen molar-refractivity contribution in [2.24, 2.45) is 45.3 Å². The number of aliphatic hydroxyl groups is 1. The van der Waals surface area contributed by atoms with Crippen LogP contribution < -0.4 is 10.6 Å². The van der Waals surface area contributed by atoms with Crippen LogP contribution in [0, 0.1) is 45.3 Å². The summed E-state index contributed by atoms with van der Waals surface area (Å²) in [5, 5.41) is 24.0. The van der Waals surface area contributed by atoms with Gasteiger partial charge >= 0.3 is 5.97 Å². The number of allylic oxidation sites excluding steroid dienone is 3. The number of aromatic carboxylic acids is 1. The van der Waals surface area contributed by atoms with E-state index in [9.17, 15) is 14.7 Å². The quantitative estimate of drug-likeness (QED) is 0.120. The van der Waals surface area contributed by atoms with Crippen molar-refractivity contribution in [1.82, 2.24) is 10.6 Å². The first-order valence-corrected chi connectivity index (χ1v) is 18.8. The van der Waals surface area contributed by atoms with Gasteiger partial charge in [0.25, 0.3) is 0 Å². The number of rotatable bonds is 9. The number of hydrogen-bond acceptors (Lipinski definition) is 5. The van der Waals surface area contributed by atoms with Crippen molar-refractivity contribution in [3.05, 3.63) is 54.1 Å². The van der Waals surface area contributed by atoms with E-state index in [1.807, 2.05) is 19.1 Å². The van der Waals surface area contributed by atoms with Gasteiger partial charge in [0.15, 0.2) is 0 Å². The molecule has 0 bridgehead atoms. The van der Waals surface area contributed by atoms with Crippen molar-refractivity contribution in [2.75, 3.05) is 26.7 Å². The molecule has 48 heavy (non-hydrogen) atoms. The molecular weight excluding hydrogens is 596 g/mol. The number of fused-ring (bicyclic) bond motifs is 7. The third-order valence-corrected chi connectivity index (χ3v) is 14.6. The van der Waals surface area contributed by atoms with E-state index in [0.717, 1.165) is 57.2 Å². The molecule has 0 heterocycles. The van der Waals surface area contributed by atoms with E-state index in [2.05, 4.69) is 57.9 Å². The van der Waals surface area contributed by atoms with Gasteiger partial charge in [0, 0.05) is 38.7 Å². The minimum absolute atomic E-state index is 0.0493. The van der Waals surface area contributed by atoms with Crippen LogP contribution in [-0.4, -0.2) is 54.8 Å². The van der Waals surface area contributed by atoms with Crippen LogP contribution in [0.5, 0.6) is 0 Å². The average molecular weight is 663 g/mol. The van der Waals surface area contributed by atoms with Gasteiger partial charge in [-0.2, -0.15) is 0 Å². The lowest BCUT2D eigenvalue weighted by Gasteiger charge is -2.72. The maximum atomic E-state index is 11.5. The Balaban J connectivity index is 0.000000986. The Morgan fingerprint density at radius 2 is 1.56 bits per heavy atom. The molecule has 5 aliphatic rings. The highest BCUT2D eigenvalue weighted by Crippen LogP contribution is 2.76. The van der Waals surface area contributed by atoms with E-state index in [1.165, 1.54) is 68.9 Å². The van der Waals surface area contributed by atoms with E-state index >= 15 is 0 Å². The highest BCUT2D eigenvalue weighted by molar-refractivity contribution is 5.88. The van der Waals surface area contributed by atoms with Gasteiger partial charge in [-0.1, -0.05) is 65.3 Å². The summed E-state index contributed by atoms with van der Waals surface area (Å²) in [6, 6.07) is 7.61. The third-order valence-electron chi connectivity index (χ3n) is 14.6. The van der Waals surface area contributed by atoms with E-state index in [0.29, 0.717) is 34.3 Å². The predicted molar refractivity (Wildman–Crippen MR) is 198 cm³/mol. The van der Waals surface area contributed by atoms with Crippen molar-refractivity contribution >= 4 is 17.8 Å². The number of benzene rings is 1. The van der Waals surface area contributed by atoms with Gasteiger partial charge in [0.05, 0.1) is 5.56 Å². The SMILES string of the molecule is C=CC.CC1(C)C(c2ccc(C(=O)O)cc2)=CCC2(C)C1CCC1(C)C2CCC2C3CCCC3(NCCNCCC=O)CC[C@]21C.CO. The summed E-state index contributed by atoms with van der Waals surface area (Å²) in [5.41, 5.74) is 4.35. The molecule has 6 rings (SSSR count). The van der Waals surface area contributed by atoms with Crippen LogP contribution in [0.1, 0.15) is 128 Å². The fraction of sp³-hybridized carbons (Fsp3) is 0.714. The summed E-state index contributed by atoms with van der Waals surface area (Å²) in [6.07, 6.45) is 19.1. The zero-order valence-electron chi connectivity index (χ0n) is 31.2. The molecule has 5 aliphatic carbocycles. The lowest BCUT2D eigenvalue weighted by atomic mass is 9.33. The summed E-state index contributed by atoms with van der Waals surface area (Å²) in [6.45, 7) is 21.0. The normalized spacial score (nSPS) is 37.4. The molecule has 6 nitrogen and oxygen atoms in total. The monoisotopic (exact) mass is 663 g/mol. The zero-order chi connectivity index (χ0) is 35.4. The predicted octanol–water partition coefficient (Wildman–Crippen LogP) is 8.55. The van der Waals surface area contributed by atoms with Gasteiger partial charge in [-0.05, 0) is 133 Å². The Hall–Kier alpha value is -2.28. The van der Waals surface area contributed by atoms with E-state index in [1.54, 1.807) is 18.2 Å². The van der Waals surface area contributed by atoms with E-state index in [4.69, 9.17) is 5.11 Å². The number of aldehydes is 1. The molecule has 268 valence electrons. The van der Waals surface area contributed by atoms with Gasteiger partial charge in [0.1, 0.15) is 6.29 Å². The lowest BCUT2D eigenvalue weighted by Crippen LogP contribution is -2.67. The molecule has 4 saturated carbocycles. The molecule has 0 amide bonds. The van der Waals surface area contributed by atoms with Crippen LogP contribution in [0.15, 0.2) is 43.0 Å². The maximum Gasteiger partial charge on any atom is 0.335 e. The standard InChI is InChI=1S/C38H56N2O3.C3H6.CH4O/c1-34(2)28(26-9-11-27(12-10-26)33(42)43)15-18-35(3)31(34)16-19-37(5)32(35)14-13-29-30-8-6-17-38(30,21-20-36(29,37)4)40-24-23-39-22-7-25-41;1-3-2;1-2/h9-12,15,25,29-32,39-40H,6-8,13-14,16-24H2,1-5H3,(H,42,43);3H,1H2,2H3;2H,1H3/t29?,30?,31?,32?,35?,36-,37?,38?;;/m1../s1. The third kappa shape index (κ3) is 6.51. The van der Waals surface area contributed by atoms with E-state index in [-0.39, 0.29) is 10.8 Å². The number of aliphatic hydroxyl groups excluding tert-OH is 1. The summed E-state index contributed by atoms with van der Waals surface area (Å²) < 4.78 is 0. The molecule has 1 aromatic carbocycles. The fourth-order valence-corrected chi connectivity index (χ4v) is 12.5. The van der Waals surface area contributed by atoms with Crippen LogP contribution in [0.3, 0.4) is 0 Å². The topological polar surface area (TPSA) is 98.7 Å². The van der Waals surface area contributed by atoms with Crippen LogP contribution in [-0.2, 0) is 4.79 Å². The first-order valence-electron chi connectivity index (χ1n) is 18.8. The Kier molecular flexibility index (Phi) is 12.3. The van der Waals surface area contributed by atoms with Gasteiger partial charge in [0.2, 0.25) is 0 Å². The summed E-state index contributed by atoms with van der Waals surface area (Å²) in [7, 11) is 1.00. The number of carboxylic acid groups (broad SMARTS) is 1.